The van der Waals surface area contributed by atoms with Gasteiger partial charge in [-0.05, 0) is 31.2 Å². The number of piperazine rings is 1. The molecule has 0 radical (unpaired) electrons. The number of aryl methyl sites for hydroxylation is 1. The zero-order chi connectivity index (χ0) is 23.6. The number of carbonyl (C=O) groups excluding carboxylic acids is 1. The Balaban J connectivity index is 1.55. The van der Waals surface area contributed by atoms with E-state index < -0.39 is 46.6 Å². The SMILES string of the molecule is Cc1ccc(C(O)(CCNC(=O)N2CCN(S(=O)(=O)c3ccccc3)CC2)C(F)(F)F)o1. The van der Waals surface area contributed by atoms with Crippen molar-refractivity contribution >= 4 is 16.1 Å². The number of hydrogen-bond donors (Lipinski definition) is 2. The van der Waals surface area contributed by atoms with Gasteiger partial charge in [0, 0.05) is 39.1 Å². The average molecular weight is 475 g/mol. The van der Waals surface area contributed by atoms with Gasteiger partial charge in [-0.2, -0.15) is 17.5 Å². The summed E-state index contributed by atoms with van der Waals surface area (Å²) in [6.07, 6.45) is -5.84. The van der Waals surface area contributed by atoms with Crippen molar-refractivity contribution in [1.82, 2.24) is 14.5 Å². The summed E-state index contributed by atoms with van der Waals surface area (Å²) < 4.78 is 71.9. The van der Waals surface area contributed by atoms with E-state index in [1.165, 1.54) is 34.3 Å². The van der Waals surface area contributed by atoms with E-state index in [0.717, 1.165) is 6.07 Å². The average Bonchev–Trinajstić information content (AvgIpc) is 3.20. The molecule has 1 fully saturated rings. The first kappa shape index (κ1) is 24.1. The molecule has 0 spiro atoms. The molecule has 2 heterocycles. The molecule has 1 aliphatic rings. The number of furan rings is 1. The lowest BCUT2D eigenvalue weighted by Gasteiger charge is -2.34. The molecule has 3 rings (SSSR count). The summed E-state index contributed by atoms with van der Waals surface area (Å²) >= 11 is 0. The van der Waals surface area contributed by atoms with Crippen LogP contribution in [-0.2, 0) is 15.6 Å². The number of halogens is 3. The predicted molar refractivity (Wildman–Crippen MR) is 108 cm³/mol. The second kappa shape index (κ2) is 9.12. The van der Waals surface area contributed by atoms with Gasteiger partial charge in [0.15, 0.2) is 0 Å². The number of nitrogens with zero attached hydrogens (tertiary/aromatic N) is 2. The van der Waals surface area contributed by atoms with Gasteiger partial charge in [-0.15, -0.1) is 0 Å². The first-order valence-corrected chi connectivity index (χ1v) is 11.3. The molecule has 8 nitrogen and oxygen atoms in total. The number of hydrogen-bond acceptors (Lipinski definition) is 5. The third-order valence-corrected chi connectivity index (χ3v) is 7.20. The zero-order valence-electron chi connectivity index (χ0n) is 17.3. The van der Waals surface area contributed by atoms with Crippen molar-refractivity contribution in [3.05, 3.63) is 54.0 Å². The molecule has 0 bridgehead atoms. The Hall–Kier alpha value is -2.57. The van der Waals surface area contributed by atoms with E-state index >= 15 is 0 Å². The molecule has 1 aliphatic heterocycles. The molecule has 1 aromatic carbocycles. The van der Waals surface area contributed by atoms with Crippen LogP contribution in [-0.4, -0.2) is 67.7 Å². The topological polar surface area (TPSA) is 103 Å². The zero-order valence-corrected chi connectivity index (χ0v) is 18.1. The number of amides is 2. The third kappa shape index (κ3) is 4.92. The minimum absolute atomic E-state index is 0.0583. The number of urea groups is 1. The van der Waals surface area contributed by atoms with E-state index in [0.29, 0.717) is 0 Å². The van der Waals surface area contributed by atoms with E-state index in [4.69, 9.17) is 4.42 Å². The summed E-state index contributed by atoms with van der Waals surface area (Å²) in [5, 5.41) is 12.6. The summed E-state index contributed by atoms with van der Waals surface area (Å²) in [4.78, 5) is 13.8. The minimum atomic E-state index is -5.00. The first-order valence-electron chi connectivity index (χ1n) is 9.89. The van der Waals surface area contributed by atoms with Gasteiger partial charge in [0.2, 0.25) is 15.6 Å². The van der Waals surface area contributed by atoms with Gasteiger partial charge in [-0.3, -0.25) is 0 Å². The fraction of sp³-hybridized carbons (Fsp3) is 0.450. The molecular weight excluding hydrogens is 451 g/mol. The van der Waals surface area contributed by atoms with Gasteiger partial charge in [0.1, 0.15) is 11.5 Å². The van der Waals surface area contributed by atoms with E-state index in [2.05, 4.69) is 5.32 Å². The van der Waals surface area contributed by atoms with Gasteiger partial charge in [0.25, 0.3) is 0 Å². The lowest BCUT2D eigenvalue weighted by atomic mass is 9.96. The molecule has 1 saturated heterocycles. The molecule has 176 valence electrons. The molecule has 1 atom stereocenters. The molecule has 2 N–H and O–H groups in total. The second-order valence-corrected chi connectivity index (χ2v) is 9.39. The Bertz CT molecular complexity index is 1030. The van der Waals surface area contributed by atoms with Gasteiger partial charge < -0.3 is 19.7 Å². The van der Waals surface area contributed by atoms with Crippen molar-refractivity contribution in [2.24, 2.45) is 0 Å². The third-order valence-electron chi connectivity index (χ3n) is 5.29. The van der Waals surface area contributed by atoms with E-state index in [1.54, 1.807) is 18.2 Å². The Labute approximate surface area is 183 Å². The Kier molecular flexibility index (Phi) is 6.86. The summed E-state index contributed by atoms with van der Waals surface area (Å²) in [7, 11) is -3.69. The van der Waals surface area contributed by atoms with Crippen LogP contribution in [0.3, 0.4) is 0 Å². The van der Waals surface area contributed by atoms with Crippen LogP contribution in [0.5, 0.6) is 0 Å². The molecule has 1 aromatic heterocycles. The van der Waals surface area contributed by atoms with Crippen LogP contribution in [0.4, 0.5) is 18.0 Å². The standard InChI is InChI=1S/C20H24F3N3O5S/c1-15-7-8-17(31-15)19(28,20(21,22)23)9-10-24-18(27)25-11-13-26(14-12-25)32(29,30)16-5-3-2-4-6-16/h2-8,28H,9-14H2,1H3,(H,24,27). The number of rotatable bonds is 6. The van der Waals surface area contributed by atoms with Crippen molar-refractivity contribution in [1.29, 1.82) is 0 Å². The summed E-state index contributed by atoms with van der Waals surface area (Å²) in [6.45, 7) is 1.28. The normalized spacial score (nSPS) is 17.7. The van der Waals surface area contributed by atoms with Crippen LogP contribution < -0.4 is 5.32 Å². The summed E-state index contributed by atoms with van der Waals surface area (Å²) in [6, 6.07) is 9.62. The molecule has 2 amide bonds. The fourth-order valence-electron chi connectivity index (χ4n) is 3.40. The van der Waals surface area contributed by atoms with Crippen molar-refractivity contribution in [2.45, 2.75) is 30.0 Å². The Morgan fingerprint density at radius 1 is 1.09 bits per heavy atom. The van der Waals surface area contributed by atoms with Crippen LogP contribution in [0.1, 0.15) is 17.9 Å². The van der Waals surface area contributed by atoms with Crippen LogP contribution in [0.2, 0.25) is 0 Å². The maximum Gasteiger partial charge on any atom is 0.424 e. The van der Waals surface area contributed by atoms with E-state index in [1.807, 2.05) is 0 Å². The molecule has 32 heavy (non-hydrogen) atoms. The number of alkyl halides is 3. The van der Waals surface area contributed by atoms with Crippen molar-refractivity contribution in [3.8, 4) is 0 Å². The molecule has 1 unspecified atom stereocenters. The van der Waals surface area contributed by atoms with Gasteiger partial charge in [0.05, 0.1) is 4.90 Å². The lowest BCUT2D eigenvalue weighted by molar-refractivity contribution is -0.274. The van der Waals surface area contributed by atoms with Crippen molar-refractivity contribution in [3.63, 3.8) is 0 Å². The highest BCUT2D eigenvalue weighted by atomic mass is 32.2. The number of nitrogens with one attached hydrogen (secondary N) is 1. The maximum absolute atomic E-state index is 13.5. The van der Waals surface area contributed by atoms with Crippen LogP contribution in [0.25, 0.3) is 0 Å². The second-order valence-electron chi connectivity index (χ2n) is 7.45. The molecule has 0 aliphatic carbocycles. The van der Waals surface area contributed by atoms with Crippen LogP contribution in [0.15, 0.2) is 51.8 Å². The minimum Gasteiger partial charge on any atom is -0.463 e. The number of sulfonamides is 1. The van der Waals surface area contributed by atoms with Gasteiger partial charge in [-0.1, -0.05) is 18.2 Å². The molecule has 0 saturated carbocycles. The smallest absolute Gasteiger partial charge is 0.424 e. The van der Waals surface area contributed by atoms with E-state index in [-0.39, 0.29) is 36.8 Å². The maximum atomic E-state index is 13.5. The molecular formula is C20H24F3N3O5S. The molecule has 2 aromatic rings. The fourth-order valence-corrected chi connectivity index (χ4v) is 4.84. The molecule has 12 heteroatoms. The lowest BCUT2D eigenvalue weighted by Crippen LogP contribution is -2.53. The highest BCUT2D eigenvalue weighted by Crippen LogP contribution is 2.42. The quantitative estimate of drug-likeness (QED) is 0.668. The monoisotopic (exact) mass is 475 g/mol. The van der Waals surface area contributed by atoms with Crippen LogP contribution >= 0.6 is 0 Å². The number of benzene rings is 1. The number of aliphatic hydroxyl groups is 1. The highest BCUT2D eigenvalue weighted by Gasteiger charge is 2.56. The first-order chi connectivity index (χ1) is 14.9. The van der Waals surface area contributed by atoms with Gasteiger partial charge in [-0.25, -0.2) is 13.2 Å². The number of carbonyl (C=O) groups is 1. The Morgan fingerprint density at radius 2 is 1.72 bits per heavy atom. The largest absolute Gasteiger partial charge is 0.463 e. The van der Waals surface area contributed by atoms with Crippen LogP contribution in [0, 0.1) is 6.92 Å². The summed E-state index contributed by atoms with van der Waals surface area (Å²) in [5.41, 5.74) is -3.24. The van der Waals surface area contributed by atoms with Crippen molar-refractivity contribution < 1.29 is 35.9 Å². The summed E-state index contributed by atoms with van der Waals surface area (Å²) in [5.74, 6) is -0.425. The highest BCUT2D eigenvalue weighted by molar-refractivity contribution is 7.89. The van der Waals surface area contributed by atoms with Crippen molar-refractivity contribution in [2.75, 3.05) is 32.7 Å². The van der Waals surface area contributed by atoms with Gasteiger partial charge >= 0.3 is 12.2 Å². The predicted octanol–water partition coefficient (Wildman–Crippen LogP) is 2.44. The Morgan fingerprint density at radius 3 is 2.25 bits per heavy atom. The van der Waals surface area contributed by atoms with E-state index in [9.17, 15) is 31.5 Å².